The summed E-state index contributed by atoms with van der Waals surface area (Å²) in [5.74, 6) is 0.523. The lowest BCUT2D eigenvalue weighted by molar-refractivity contribution is 0.0725. The van der Waals surface area contributed by atoms with Crippen molar-refractivity contribution in [3.05, 3.63) is 52.3 Å². The average Bonchev–Trinajstić information content (AvgIpc) is 2.97. The van der Waals surface area contributed by atoms with Gasteiger partial charge in [-0.15, -0.1) is 11.3 Å². The topological polar surface area (TPSA) is 59.5 Å². The highest BCUT2D eigenvalue weighted by molar-refractivity contribution is 9.11. The molecule has 1 aromatic carbocycles. The Labute approximate surface area is 152 Å². The second-order valence-corrected chi connectivity index (χ2v) is 10.1. The minimum atomic E-state index is -3.42. The van der Waals surface area contributed by atoms with Crippen molar-refractivity contribution >= 4 is 48.2 Å². The third-order valence-electron chi connectivity index (χ3n) is 3.82. The van der Waals surface area contributed by atoms with E-state index in [0.29, 0.717) is 23.2 Å². The van der Waals surface area contributed by atoms with Crippen molar-refractivity contribution in [3.8, 4) is 5.88 Å². The third-order valence-corrected chi connectivity index (χ3v) is 7.74. The Bertz CT molecular complexity index is 997. The predicted molar refractivity (Wildman–Crippen MR) is 96.9 cm³/mol. The van der Waals surface area contributed by atoms with Gasteiger partial charge in [-0.1, -0.05) is 18.2 Å². The van der Waals surface area contributed by atoms with E-state index in [-0.39, 0.29) is 6.10 Å². The molecule has 0 spiro atoms. The Balaban J connectivity index is 1.43. The molecule has 0 bridgehead atoms. The van der Waals surface area contributed by atoms with Crippen LogP contribution < -0.4 is 4.74 Å². The van der Waals surface area contributed by atoms with Crippen LogP contribution in [0.1, 0.15) is 0 Å². The molecule has 3 heterocycles. The van der Waals surface area contributed by atoms with Crippen LogP contribution in [0.3, 0.4) is 0 Å². The monoisotopic (exact) mass is 424 g/mol. The van der Waals surface area contributed by atoms with Gasteiger partial charge in [0.1, 0.15) is 10.3 Å². The second-order valence-electron chi connectivity index (χ2n) is 5.46. The van der Waals surface area contributed by atoms with Crippen molar-refractivity contribution in [1.29, 1.82) is 0 Å². The fourth-order valence-corrected chi connectivity index (χ4v) is 6.19. The SMILES string of the molecule is O=S(=O)(c1ccc(Br)s1)N1CC(Oc2ccc3ccccc3n2)C1. The first-order valence-electron chi connectivity index (χ1n) is 7.30. The zero-order valence-corrected chi connectivity index (χ0v) is 15.6. The van der Waals surface area contributed by atoms with Gasteiger partial charge in [-0.2, -0.15) is 4.31 Å². The number of nitrogens with zero attached hydrogens (tertiary/aromatic N) is 2. The Morgan fingerprint density at radius 1 is 1.12 bits per heavy atom. The van der Waals surface area contributed by atoms with Crippen LogP contribution in [0.15, 0.2) is 56.5 Å². The number of thiophene rings is 1. The lowest BCUT2D eigenvalue weighted by Gasteiger charge is -2.37. The van der Waals surface area contributed by atoms with Crippen LogP contribution in [0.5, 0.6) is 5.88 Å². The lowest BCUT2D eigenvalue weighted by atomic mass is 10.2. The molecule has 0 radical (unpaired) electrons. The number of hydrogen-bond acceptors (Lipinski definition) is 5. The van der Waals surface area contributed by atoms with Gasteiger partial charge in [0.05, 0.1) is 22.4 Å². The normalized spacial score (nSPS) is 16.2. The number of fused-ring (bicyclic) bond motifs is 1. The lowest BCUT2D eigenvalue weighted by Crippen LogP contribution is -2.55. The molecule has 124 valence electrons. The third kappa shape index (κ3) is 2.95. The van der Waals surface area contributed by atoms with Gasteiger partial charge in [-0.25, -0.2) is 13.4 Å². The first-order chi connectivity index (χ1) is 11.5. The van der Waals surface area contributed by atoms with Gasteiger partial charge in [0.25, 0.3) is 10.0 Å². The molecular formula is C16H13BrN2O3S2. The number of rotatable bonds is 4. The molecule has 1 saturated heterocycles. The quantitative estimate of drug-likeness (QED) is 0.642. The van der Waals surface area contributed by atoms with Gasteiger partial charge in [-0.3, -0.25) is 0 Å². The van der Waals surface area contributed by atoms with E-state index in [1.54, 1.807) is 12.1 Å². The summed E-state index contributed by atoms with van der Waals surface area (Å²) in [4.78, 5) is 4.45. The number of sulfonamides is 1. The largest absolute Gasteiger partial charge is 0.472 e. The number of benzene rings is 1. The summed E-state index contributed by atoms with van der Waals surface area (Å²) in [6.07, 6.45) is -0.170. The molecular weight excluding hydrogens is 412 g/mol. The Morgan fingerprint density at radius 3 is 2.67 bits per heavy atom. The molecule has 0 aliphatic carbocycles. The van der Waals surface area contributed by atoms with E-state index in [4.69, 9.17) is 4.74 Å². The molecule has 2 aromatic heterocycles. The molecule has 8 heteroatoms. The number of pyridine rings is 1. The van der Waals surface area contributed by atoms with Crippen LogP contribution in [0, 0.1) is 0 Å². The zero-order chi connectivity index (χ0) is 16.7. The molecule has 0 atom stereocenters. The molecule has 3 aromatic rings. The van der Waals surface area contributed by atoms with Gasteiger partial charge in [0.15, 0.2) is 0 Å². The number of para-hydroxylation sites is 1. The molecule has 1 aliphatic heterocycles. The summed E-state index contributed by atoms with van der Waals surface area (Å²) in [5, 5.41) is 1.05. The van der Waals surface area contributed by atoms with Crippen molar-refractivity contribution in [3.63, 3.8) is 0 Å². The number of hydrogen-bond donors (Lipinski definition) is 0. The highest BCUT2D eigenvalue weighted by Crippen LogP contribution is 2.31. The summed E-state index contributed by atoms with van der Waals surface area (Å²) in [5.41, 5.74) is 0.863. The van der Waals surface area contributed by atoms with E-state index in [2.05, 4.69) is 20.9 Å². The van der Waals surface area contributed by atoms with E-state index in [1.807, 2.05) is 36.4 Å². The van der Waals surface area contributed by atoms with Crippen LogP contribution in [0.25, 0.3) is 10.9 Å². The minimum absolute atomic E-state index is 0.170. The van der Waals surface area contributed by atoms with Crippen LogP contribution >= 0.6 is 27.3 Å². The van der Waals surface area contributed by atoms with E-state index < -0.39 is 10.0 Å². The Kier molecular flexibility index (Phi) is 4.07. The minimum Gasteiger partial charge on any atom is -0.472 e. The second kappa shape index (κ2) is 6.11. The van der Waals surface area contributed by atoms with Crippen molar-refractivity contribution < 1.29 is 13.2 Å². The molecule has 1 fully saturated rings. The summed E-state index contributed by atoms with van der Waals surface area (Å²) in [6.45, 7) is 0.679. The van der Waals surface area contributed by atoms with Gasteiger partial charge >= 0.3 is 0 Å². The number of aromatic nitrogens is 1. The predicted octanol–water partition coefficient (Wildman–Crippen LogP) is 3.51. The van der Waals surface area contributed by atoms with E-state index in [9.17, 15) is 8.42 Å². The number of ether oxygens (including phenoxy) is 1. The van der Waals surface area contributed by atoms with E-state index in [0.717, 1.165) is 14.7 Å². The summed E-state index contributed by atoms with van der Waals surface area (Å²) < 4.78 is 33.3. The Hall–Kier alpha value is -1.48. The van der Waals surface area contributed by atoms with E-state index >= 15 is 0 Å². The number of halogens is 1. The maximum Gasteiger partial charge on any atom is 0.252 e. The maximum atomic E-state index is 12.4. The van der Waals surface area contributed by atoms with Crippen molar-refractivity contribution in [2.75, 3.05) is 13.1 Å². The van der Waals surface area contributed by atoms with Crippen molar-refractivity contribution in [1.82, 2.24) is 9.29 Å². The van der Waals surface area contributed by atoms with Gasteiger partial charge in [0, 0.05) is 11.5 Å². The molecule has 24 heavy (non-hydrogen) atoms. The summed E-state index contributed by atoms with van der Waals surface area (Å²) in [6, 6.07) is 14.9. The fourth-order valence-electron chi connectivity index (χ4n) is 2.52. The van der Waals surface area contributed by atoms with Crippen molar-refractivity contribution in [2.24, 2.45) is 0 Å². The van der Waals surface area contributed by atoms with Gasteiger partial charge < -0.3 is 4.74 Å². The van der Waals surface area contributed by atoms with Crippen LogP contribution in [-0.2, 0) is 10.0 Å². The first-order valence-corrected chi connectivity index (χ1v) is 10.4. The van der Waals surface area contributed by atoms with E-state index in [1.165, 1.54) is 15.6 Å². The zero-order valence-electron chi connectivity index (χ0n) is 12.4. The van der Waals surface area contributed by atoms with Gasteiger partial charge in [0.2, 0.25) is 5.88 Å². The molecule has 5 nitrogen and oxygen atoms in total. The Morgan fingerprint density at radius 2 is 1.92 bits per heavy atom. The highest BCUT2D eigenvalue weighted by atomic mass is 79.9. The molecule has 0 N–H and O–H groups in total. The maximum absolute atomic E-state index is 12.4. The van der Waals surface area contributed by atoms with Crippen LogP contribution in [0.4, 0.5) is 0 Å². The van der Waals surface area contributed by atoms with Crippen molar-refractivity contribution in [2.45, 2.75) is 10.3 Å². The van der Waals surface area contributed by atoms with Crippen LogP contribution in [-0.4, -0.2) is 36.9 Å². The molecule has 0 amide bonds. The molecule has 0 saturated carbocycles. The standard InChI is InChI=1S/C16H13BrN2O3S2/c17-14-6-8-16(23-14)24(20,21)19-9-12(10-19)22-15-7-5-11-3-1-2-4-13(11)18-15/h1-8,12H,9-10H2. The molecule has 1 aliphatic rings. The van der Waals surface area contributed by atoms with Crippen LogP contribution in [0.2, 0.25) is 0 Å². The summed E-state index contributed by atoms with van der Waals surface area (Å²) in [7, 11) is -3.42. The van der Waals surface area contributed by atoms with Gasteiger partial charge in [-0.05, 0) is 40.2 Å². The molecule has 0 unspecified atom stereocenters. The smallest absolute Gasteiger partial charge is 0.252 e. The highest BCUT2D eigenvalue weighted by Gasteiger charge is 2.39. The summed E-state index contributed by atoms with van der Waals surface area (Å²) >= 11 is 4.50. The fraction of sp³-hybridized carbons (Fsp3) is 0.188. The molecule has 4 rings (SSSR count). The average molecular weight is 425 g/mol. The first kappa shape index (κ1) is 16.0.